The van der Waals surface area contributed by atoms with Gasteiger partial charge in [0, 0.05) is 6.42 Å². The van der Waals surface area contributed by atoms with Crippen LogP contribution in [0.4, 0.5) is 0 Å². The van der Waals surface area contributed by atoms with E-state index in [2.05, 4.69) is 31.3 Å². The molecule has 3 fully saturated rings. The summed E-state index contributed by atoms with van der Waals surface area (Å²) in [7, 11) is 0. The van der Waals surface area contributed by atoms with Crippen LogP contribution in [0.25, 0.3) is 0 Å². The molecule has 0 aromatic rings. The van der Waals surface area contributed by atoms with Crippen LogP contribution >= 0.6 is 0 Å². The zero-order chi connectivity index (χ0) is 53.4. The summed E-state index contributed by atoms with van der Waals surface area (Å²) in [5.74, 6) is -0.288. The highest BCUT2D eigenvalue weighted by Crippen LogP contribution is 2.33. The lowest BCUT2D eigenvalue weighted by Crippen LogP contribution is -2.66. The van der Waals surface area contributed by atoms with Gasteiger partial charge in [0.15, 0.2) is 18.9 Å². The van der Waals surface area contributed by atoms with E-state index >= 15 is 0 Å². The second-order valence-electron chi connectivity index (χ2n) is 20.4. The summed E-state index contributed by atoms with van der Waals surface area (Å²) < 4.78 is 34.1. The van der Waals surface area contributed by atoms with Gasteiger partial charge in [-0.1, -0.05) is 160 Å². The third-order valence-electron chi connectivity index (χ3n) is 14.2. The van der Waals surface area contributed by atoms with Gasteiger partial charge < -0.3 is 89.9 Å². The van der Waals surface area contributed by atoms with Gasteiger partial charge in [-0.15, -0.1) is 0 Å². The minimum Gasteiger partial charge on any atom is -0.394 e. The Morgan fingerprint density at radius 1 is 0.479 bits per heavy atom. The maximum Gasteiger partial charge on any atom is 0.220 e. The van der Waals surface area contributed by atoms with Gasteiger partial charge in [-0.3, -0.25) is 4.79 Å². The molecule has 17 atom stereocenters. The molecule has 19 heteroatoms. The molecule has 17 unspecified atom stereocenters. The monoisotopic (exact) mass is 1050 g/mol. The van der Waals surface area contributed by atoms with Gasteiger partial charge >= 0.3 is 0 Å². The van der Waals surface area contributed by atoms with Gasteiger partial charge in [-0.25, -0.2) is 0 Å². The average molecular weight is 1050 g/mol. The van der Waals surface area contributed by atoms with Crippen molar-refractivity contribution in [1.82, 2.24) is 5.32 Å². The lowest BCUT2D eigenvalue weighted by molar-refractivity contribution is -0.379. The minimum atomic E-state index is -1.98. The predicted octanol–water partition coefficient (Wildman–Crippen LogP) is 3.59. The molecular weight excluding hydrogens is 951 g/mol. The highest BCUT2D eigenvalue weighted by molar-refractivity contribution is 5.76. The fourth-order valence-corrected chi connectivity index (χ4v) is 9.52. The lowest BCUT2D eigenvalue weighted by atomic mass is 9.96. The Hall–Kier alpha value is -1.73. The number of unbranched alkanes of at least 4 members (excludes halogenated alkanes) is 22. The van der Waals surface area contributed by atoms with Gasteiger partial charge in [0.1, 0.15) is 73.2 Å². The number of carbonyl (C=O) groups is 1. The summed E-state index contributed by atoms with van der Waals surface area (Å²) in [6.07, 6.45) is 10.3. The van der Waals surface area contributed by atoms with E-state index in [4.69, 9.17) is 28.4 Å². The number of nitrogens with one attached hydrogen (secondary N) is 1. The van der Waals surface area contributed by atoms with Crippen LogP contribution in [0.2, 0.25) is 0 Å². The van der Waals surface area contributed by atoms with Crippen molar-refractivity contribution >= 4 is 5.91 Å². The molecule has 12 N–H and O–H groups in total. The summed E-state index contributed by atoms with van der Waals surface area (Å²) >= 11 is 0. The molecule has 0 radical (unpaired) electrons. The van der Waals surface area contributed by atoms with E-state index in [1.165, 1.54) is 89.9 Å². The van der Waals surface area contributed by atoms with E-state index in [1.807, 2.05) is 6.08 Å². The van der Waals surface area contributed by atoms with Gasteiger partial charge in [-0.2, -0.15) is 0 Å². The van der Waals surface area contributed by atoms with E-state index in [9.17, 15) is 61.0 Å². The molecule has 3 aliphatic rings. The van der Waals surface area contributed by atoms with Crippen LogP contribution in [0.3, 0.4) is 0 Å². The number of aliphatic hydroxyl groups excluding tert-OH is 11. The fourth-order valence-electron chi connectivity index (χ4n) is 9.52. The first-order valence-corrected chi connectivity index (χ1v) is 28.1. The third-order valence-corrected chi connectivity index (χ3v) is 14.2. The Morgan fingerprint density at radius 2 is 0.877 bits per heavy atom. The molecule has 428 valence electrons. The second-order valence-corrected chi connectivity index (χ2v) is 20.4. The van der Waals surface area contributed by atoms with Crippen LogP contribution in [0.15, 0.2) is 24.3 Å². The average Bonchev–Trinajstić information content (AvgIpc) is 3.39. The van der Waals surface area contributed by atoms with Crippen LogP contribution in [-0.4, -0.2) is 193 Å². The Bertz CT molecular complexity index is 1440. The molecule has 3 rings (SSSR count). The largest absolute Gasteiger partial charge is 0.394 e. The van der Waals surface area contributed by atoms with Crippen molar-refractivity contribution in [2.24, 2.45) is 0 Å². The topological polar surface area (TPSA) is 307 Å². The van der Waals surface area contributed by atoms with Gasteiger partial charge in [-0.05, 0) is 38.5 Å². The lowest BCUT2D eigenvalue weighted by Gasteiger charge is -2.48. The molecule has 1 amide bonds. The van der Waals surface area contributed by atoms with Crippen molar-refractivity contribution in [1.29, 1.82) is 0 Å². The molecule has 0 aliphatic carbocycles. The molecule has 0 aromatic heterocycles. The normalized spacial score (nSPS) is 31.9. The number of allylic oxidation sites excluding steroid dienone is 3. The van der Waals surface area contributed by atoms with Gasteiger partial charge in [0.2, 0.25) is 5.91 Å². The smallest absolute Gasteiger partial charge is 0.220 e. The third kappa shape index (κ3) is 23.8. The van der Waals surface area contributed by atoms with Crippen molar-refractivity contribution in [3.8, 4) is 0 Å². The zero-order valence-electron chi connectivity index (χ0n) is 44.1. The number of aliphatic hydroxyl groups is 11. The predicted molar refractivity (Wildman–Crippen MR) is 273 cm³/mol. The maximum absolute atomic E-state index is 13.2. The molecule has 0 bridgehead atoms. The van der Waals surface area contributed by atoms with Crippen LogP contribution in [0, 0.1) is 0 Å². The van der Waals surface area contributed by atoms with Crippen molar-refractivity contribution in [2.45, 2.75) is 285 Å². The number of hydrogen-bond acceptors (Lipinski definition) is 18. The van der Waals surface area contributed by atoms with E-state index in [1.54, 1.807) is 6.08 Å². The van der Waals surface area contributed by atoms with E-state index in [-0.39, 0.29) is 18.9 Å². The molecular formula is C54H99NO18. The quantitative estimate of drug-likeness (QED) is 0.0308. The highest BCUT2D eigenvalue weighted by Gasteiger charge is 2.53. The van der Waals surface area contributed by atoms with Crippen molar-refractivity contribution < 1.29 is 89.4 Å². The van der Waals surface area contributed by atoms with Crippen LogP contribution in [-0.2, 0) is 33.2 Å². The fraction of sp³-hybridized carbons (Fsp3) is 0.907. The Labute approximate surface area is 435 Å². The molecule has 19 nitrogen and oxygen atoms in total. The summed E-state index contributed by atoms with van der Waals surface area (Å²) in [4.78, 5) is 13.2. The van der Waals surface area contributed by atoms with E-state index in [0.717, 1.165) is 64.2 Å². The number of rotatable bonds is 40. The minimum absolute atomic E-state index is 0.234. The standard InChI is InChI=1S/C54H99NO18/c1-3-5-7-9-11-13-15-16-17-18-19-20-22-23-25-27-29-31-38(59)37(55-42(60)32-30-28-26-24-21-14-12-10-8-6-4-2)36-68-52-48(66)45(63)50(40(34-57)70-52)73-54-49(67)46(64)51(41(35-58)71-54)72-53-47(65)44(62)43(61)39(33-56)69-53/h10,12,29,31,37-41,43-54,56-59,61-67H,3-9,11,13-28,30,32-36H2,1-2H3,(H,55,60)/b12-10-,31-29+. The molecule has 3 aliphatic heterocycles. The number of ether oxygens (including phenoxy) is 6. The first-order valence-electron chi connectivity index (χ1n) is 28.1. The Balaban J connectivity index is 1.53. The molecule has 0 spiro atoms. The van der Waals surface area contributed by atoms with Crippen LogP contribution < -0.4 is 5.32 Å². The van der Waals surface area contributed by atoms with Crippen LogP contribution in [0.5, 0.6) is 0 Å². The summed E-state index contributed by atoms with van der Waals surface area (Å²) in [6, 6.07) is -0.973. The Morgan fingerprint density at radius 3 is 1.37 bits per heavy atom. The summed E-state index contributed by atoms with van der Waals surface area (Å²) in [6.45, 7) is 1.65. The van der Waals surface area contributed by atoms with Gasteiger partial charge in [0.05, 0.1) is 38.6 Å². The highest BCUT2D eigenvalue weighted by atomic mass is 16.8. The SMILES string of the molecule is CCCC/C=C\CCCCCCCC(=O)NC(COC1OC(CO)C(OC2OC(CO)C(OC3OC(CO)C(O)C(O)C3O)C(O)C2O)C(O)C1O)C(O)/C=C/CCCCCCCCCCCCCCCCC. The second kappa shape index (κ2) is 38.8. The van der Waals surface area contributed by atoms with Crippen molar-refractivity contribution in [3.05, 3.63) is 24.3 Å². The number of amides is 1. The maximum atomic E-state index is 13.2. The van der Waals surface area contributed by atoms with Crippen molar-refractivity contribution in [3.63, 3.8) is 0 Å². The molecule has 73 heavy (non-hydrogen) atoms. The summed E-state index contributed by atoms with van der Waals surface area (Å²) in [5.41, 5.74) is 0. The van der Waals surface area contributed by atoms with Crippen LogP contribution in [0.1, 0.15) is 181 Å². The zero-order valence-corrected chi connectivity index (χ0v) is 44.1. The molecule has 3 saturated heterocycles. The van der Waals surface area contributed by atoms with Gasteiger partial charge in [0.25, 0.3) is 0 Å². The van der Waals surface area contributed by atoms with E-state index < -0.39 is 124 Å². The first kappa shape index (κ1) is 65.6. The summed E-state index contributed by atoms with van der Waals surface area (Å²) in [5, 5.41) is 120. The number of hydrogen-bond donors (Lipinski definition) is 12. The number of carbonyl (C=O) groups excluding carboxylic acids is 1. The Kier molecular flexibility index (Phi) is 34.8. The van der Waals surface area contributed by atoms with E-state index in [0.29, 0.717) is 6.42 Å². The first-order chi connectivity index (χ1) is 35.3. The molecule has 0 saturated carbocycles. The van der Waals surface area contributed by atoms with Crippen molar-refractivity contribution in [2.75, 3.05) is 26.4 Å². The molecule has 3 heterocycles. The molecule has 0 aromatic carbocycles.